The van der Waals surface area contributed by atoms with Crippen LogP contribution < -0.4 is 5.32 Å². The van der Waals surface area contributed by atoms with Gasteiger partial charge >= 0.3 is 0 Å². The Morgan fingerprint density at radius 1 is 1.45 bits per heavy atom. The van der Waals surface area contributed by atoms with Crippen molar-refractivity contribution in [2.24, 2.45) is 0 Å². The van der Waals surface area contributed by atoms with Gasteiger partial charge < -0.3 is 10.1 Å². The third-order valence-electron chi connectivity index (χ3n) is 4.73. The number of nitrogens with one attached hydrogen (secondary N) is 1. The number of ether oxygens (including phenoxy) is 1. The molecule has 2 aliphatic rings. The molecule has 1 N–H and O–H groups in total. The number of amides is 1. The first-order valence-corrected chi connectivity index (χ1v) is 9.28. The van der Waals surface area contributed by atoms with Gasteiger partial charge in [0.15, 0.2) is 0 Å². The van der Waals surface area contributed by atoms with Crippen LogP contribution in [0.5, 0.6) is 0 Å². The number of hydrogen-bond donors (Lipinski definition) is 1. The molecule has 4 nitrogen and oxygen atoms in total. The first kappa shape index (κ1) is 16.0. The third kappa shape index (κ3) is 3.89. The molecule has 22 heavy (non-hydrogen) atoms. The van der Waals surface area contributed by atoms with Crippen LogP contribution in [0.2, 0.25) is 0 Å². The molecule has 3 rings (SSSR count). The van der Waals surface area contributed by atoms with Gasteiger partial charge in [-0.05, 0) is 50.6 Å². The predicted octanol–water partition coefficient (Wildman–Crippen LogP) is 2.44. The maximum absolute atomic E-state index is 12.7. The van der Waals surface area contributed by atoms with E-state index in [0.717, 1.165) is 51.9 Å². The minimum atomic E-state index is 0.0638. The van der Waals surface area contributed by atoms with Crippen LogP contribution in [0.4, 0.5) is 0 Å². The second-order valence-electron chi connectivity index (χ2n) is 6.43. The lowest BCUT2D eigenvalue weighted by Crippen LogP contribution is -2.51. The van der Waals surface area contributed by atoms with Crippen LogP contribution in [-0.2, 0) is 16.0 Å². The molecule has 0 unspecified atom stereocenters. The van der Waals surface area contributed by atoms with Crippen molar-refractivity contribution in [1.29, 1.82) is 0 Å². The zero-order valence-electron chi connectivity index (χ0n) is 13.3. The van der Waals surface area contributed by atoms with Gasteiger partial charge in [0, 0.05) is 36.6 Å². The second-order valence-corrected chi connectivity index (χ2v) is 7.46. The van der Waals surface area contributed by atoms with Gasteiger partial charge in [-0.1, -0.05) is 6.07 Å². The fourth-order valence-corrected chi connectivity index (χ4v) is 4.48. The van der Waals surface area contributed by atoms with Crippen molar-refractivity contribution in [2.45, 2.75) is 57.2 Å². The average Bonchev–Trinajstić information content (AvgIpc) is 3.18. The number of rotatable bonds is 5. The van der Waals surface area contributed by atoms with Crippen LogP contribution in [0.3, 0.4) is 0 Å². The molecular formula is C17H26N2O2S. The lowest BCUT2D eigenvalue weighted by Gasteiger charge is -2.35. The van der Waals surface area contributed by atoms with Crippen LogP contribution in [0.25, 0.3) is 0 Å². The zero-order chi connectivity index (χ0) is 15.4. The lowest BCUT2D eigenvalue weighted by atomic mass is 10.1. The van der Waals surface area contributed by atoms with Crippen molar-refractivity contribution >= 4 is 17.2 Å². The minimum absolute atomic E-state index is 0.0638. The summed E-state index contributed by atoms with van der Waals surface area (Å²) < 4.78 is 5.45. The van der Waals surface area contributed by atoms with Crippen molar-refractivity contribution in [3.63, 3.8) is 0 Å². The molecule has 1 aromatic heterocycles. The van der Waals surface area contributed by atoms with E-state index in [-0.39, 0.29) is 18.0 Å². The molecule has 1 amide bonds. The van der Waals surface area contributed by atoms with E-state index in [4.69, 9.17) is 4.74 Å². The third-order valence-corrected chi connectivity index (χ3v) is 5.63. The molecule has 2 saturated heterocycles. The number of carbonyl (C=O) groups is 1. The molecule has 0 aromatic carbocycles. The normalized spacial score (nSPS) is 25.2. The topological polar surface area (TPSA) is 41.6 Å². The maximum atomic E-state index is 12.7. The molecule has 2 aliphatic heterocycles. The number of carbonyl (C=O) groups excluding carboxylic acids is 1. The van der Waals surface area contributed by atoms with Crippen LogP contribution in [0, 0.1) is 0 Å². The highest BCUT2D eigenvalue weighted by atomic mass is 32.1. The van der Waals surface area contributed by atoms with Crippen LogP contribution >= 0.6 is 11.3 Å². The molecule has 5 heteroatoms. The van der Waals surface area contributed by atoms with Crippen molar-refractivity contribution in [3.8, 4) is 0 Å². The van der Waals surface area contributed by atoms with E-state index in [1.54, 1.807) is 11.3 Å². The molecule has 3 heterocycles. The van der Waals surface area contributed by atoms with Gasteiger partial charge in [0.2, 0.25) is 5.91 Å². The van der Waals surface area contributed by atoms with Crippen LogP contribution in [0.15, 0.2) is 17.5 Å². The molecule has 1 aromatic rings. The molecule has 0 radical (unpaired) electrons. The van der Waals surface area contributed by atoms with Gasteiger partial charge in [0.25, 0.3) is 0 Å². The molecule has 2 fully saturated rings. The fraction of sp³-hybridized carbons (Fsp3) is 0.706. The Bertz CT molecular complexity index is 471. The van der Waals surface area contributed by atoms with E-state index in [1.165, 1.54) is 4.88 Å². The SMILES string of the molecule is C[C@@H](Cc1cccs1)NC(=O)[C@@H]1CCCN1C1CCOCC1. The summed E-state index contributed by atoms with van der Waals surface area (Å²) in [5.74, 6) is 0.216. The van der Waals surface area contributed by atoms with Gasteiger partial charge in [-0.25, -0.2) is 0 Å². The Hall–Kier alpha value is -0.910. The smallest absolute Gasteiger partial charge is 0.237 e. The summed E-state index contributed by atoms with van der Waals surface area (Å²) in [5.41, 5.74) is 0. The summed E-state index contributed by atoms with van der Waals surface area (Å²) in [5, 5.41) is 5.31. The van der Waals surface area contributed by atoms with Crippen LogP contribution in [-0.4, -0.2) is 48.7 Å². The molecule has 0 aliphatic carbocycles. The van der Waals surface area contributed by atoms with E-state index in [2.05, 4.69) is 34.7 Å². The number of hydrogen-bond acceptors (Lipinski definition) is 4. The predicted molar refractivity (Wildman–Crippen MR) is 89.2 cm³/mol. The van der Waals surface area contributed by atoms with E-state index < -0.39 is 0 Å². The molecular weight excluding hydrogens is 296 g/mol. The largest absolute Gasteiger partial charge is 0.381 e. The average molecular weight is 322 g/mol. The van der Waals surface area contributed by atoms with Gasteiger partial charge in [0.1, 0.15) is 0 Å². The highest BCUT2D eigenvalue weighted by Crippen LogP contribution is 2.25. The van der Waals surface area contributed by atoms with E-state index in [9.17, 15) is 4.79 Å². The minimum Gasteiger partial charge on any atom is -0.381 e. The summed E-state index contributed by atoms with van der Waals surface area (Å²) in [6, 6.07) is 4.99. The van der Waals surface area contributed by atoms with Gasteiger partial charge in [-0.2, -0.15) is 0 Å². The first-order valence-electron chi connectivity index (χ1n) is 8.40. The zero-order valence-corrected chi connectivity index (χ0v) is 14.1. The van der Waals surface area contributed by atoms with Gasteiger partial charge in [-0.3, -0.25) is 9.69 Å². The number of likely N-dealkylation sites (tertiary alicyclic amines) is 1. The van der Waals surface area contributed by atoms with Crippen LogP contribution in [0.1, 0.15) is 37.5 Å². The number of nitrogens with zero attached hydrogens (tertiary/aromatic N) is 1. The number of thiophene rings is 1. The van der Waals surface area contributed by atoms with E-state index in [0.29, 0.717) is 6.04 Å². The highest BCUT2D eigenvalue weighted by Gasteiger charge is 2.36. The molecule has 2 atom stereocenters. The van der Waals surface area contributed by atoms with Crippen molar-refractivity contribution in [1.82, 2.24) is 10.2 Å². The monoisotopic (exact) mass is 322 g/mol. The Kier molecular flexibility index (Phi) is 5.50. The Balaban J connectivity index is 1.53. The first-order chi connectivity index (χ1) is 10.7. The summed E-state index contributed by atoms with van der Waals surface area (Å²) >= 11 is 1.76. The van der Waals surface area contributed by atoms with Crippen molar-refractivity contribution in [2.75, 3.05) is 19.8 Å². The van der Waals surface area contributed by atoms with E-state index in [1.807, 2.05) is 0 Å². The summed E-state index contributed by atoms with van der Waals surface area (Å²) in [6.07, 6.45) is 5.18. The Morgan fingerprint density at radius 2 is 2.27 bits per heavy atom. The van der Waals surface area contributed by atoms with Crippen molar-refractivity contribution in [3.05, 3.63) is 22.4 Å². The van der Waals surface area contributed by atoms with E-state index >= 15 is 0 Å². The van der Waals surface area contributed by atoms with Crippen molar-refractivity contribution < 1.29 is 9.53 Å². The summed E-state index contributed by atoms with van der Waals surface area (Å²) in [7, 11) is 0. The molecule has 0 spiro atoms. The Morgan fingerprint density at radius 3 is 3.00 bits per heavy atom. The highest BCUT2D eigenvalue weighted by molar-refractivity contribution is 7.09. The summed E-state index contributed by atoms with van der Waals surface area (Å²) in [6.45, 7) is 4.84. The fourth-order valence-electron chi connectivity index (χ4n) is 3.64. The standard InChI is InChI=1S/C17H26N2O2S/c1-13(12-15-4-3-11-22-15)18-17(20)16-5-2-8-19(16)14-6-9-21-10-7-14/h3-4,11,13-14,16H,2,5-10,12H2,1H3,(H,18,20)/t13-,16-/m0/s1. The van der Waals surface area contributed by atoms with Gasteiger partial charge in [-0.15, -0.1) is 11.3 Å². The molecule has 122 valence electrons. The van der Waals surface area contributed by atoms with Gasteiger partial charge in [0.05, 0.1) is 6.04 Å². The lowest BCUT2D eigenvalue weighted by molar-refractivity contribution is -0.127. The maximum Gasteiger partial charge on any atom is 0.237 e. The quantitative estimate of drug-likeness (QED) is 0.905. The second kappa shape index (κ2) is 7.57. The molecule has 0 bridgehead atoms. The Labute approximate surface area is 136 Å². The molecule has 0 saturated carbocycles. The summed E-state index contributed by atoms with van der Waals surface area (Å²) in [4.78, 5) is 16.4.